The molecule has 0 radical (unpaired) electrons. The van der Waals surface area contributed by atoms with Crippen molar-refractivity contribution in [3.63, 3.8) is 0 Å². The molecule has 0 unspecified atom stereocenters. The second kappa shape index (κ2) is 4.36. The number of H-pyrrole nitrogens is 1. The minimum absolute atomic E-state index is 0.764. The van der Waals surface area contributed by atoms with Crippen molar-refractivity contribution in [2.75, 3.05) is 0 Å². The molecule has 0 aliphatic carbocycles. The van der Waals surface area contributed by atoms with Gasteiger partial charge in [0.2, 0.25) is 0 Å². The van der Waals surface area contributed by atoms with Gasteiger partial charge in [-0.1, -0.05) is 0 Å². The maximum atomic E-state index is 8.74. The predicted molar refractivity (Wildman–Crippen MR) is 44.8 cm³/mol. The van der Waals surface area contributed by atoms with Crippen molar-refractivity contribution in [3.05, 3.63) is 17.2 Å². The number of imidazole rings is 1. The third kappa shape index (κ3) is 7.41. The van der Waals surface area contributed by atoms with Gasteiger partial charge in [0.15, 0.2) is 4.77 Å². The normalized spacial score (nSPS) is 10.2. The highest BCUT2D eigenvalue weighted by molar-refractivity contribution is 7.79. The van der Waals surface area contributed by atoms with E-state index in [2.05, 4.69) is 4.98 Å². The molecule has 0 saturated heterocycles. The van der Waals surface area contributed by atoms with Gasteiger partial charge in [-0.2, -0.15) is 8.42 Å². The van der Waals surface area contributed by atoms with Gasteiger partial charge < -0.3 is 9.55 Å². The minimum Gasteiger partial charge on any atom is -0.337 e. The van der Waals surface area contributed by atoms with Gasteiger partial charge in [-0.05, 0) is 12.2 Å². The molecule has 1 heterocycles. The Morgan fingerprint density at radius 1 is 1.58 bits per heavy atom. The van der Waals surface area contributed by atoms with E-state index in [4.69, 9.17) is 29.7 Å². The van der Waals surface area contributed by atoms with E-state index in [-0.39, 0.29) is 0 Å². The molecule has 0 aromatic carbocycles. The van der Waals surface area contributed by atoms with Crippen LogP contribution in [0.1, 0.15) is 0 Å². The Bertz CT molecular complexity index is 368. The first kappa shape index (κ1) is 11.3. The number of aromatic amines is 1. The molecule has 0 fully saturated rings. The smallest absolute Gasteiger partial charge is 0.337 e. The lowest BCUT2D eigenvalue weighted by Crippen LogP contribution is -1.89. The third-order valence-electron chi connectivity index (χ3n) is 0.825. The van der Waals surface area contributed by atoms with Crippen molar-refractivity contribution >= 4 is 22.6 Å². The summed E-state index contributed by atoms with van der Waals surface area (Å²) in [6.07, 6.45) is 3.69. The van der Waals surface area contributed by atoms with Crippen LogP contribution in [0.15, 0.2) is 12.4 Å². The molecular weight excluding hydrogens is 204 g/mol. The second-order valence-corrected chi connectivity index (χ2v) is 3.11. The van der Waals surface area contributed by atoms with Crippen LogP contribution in [0.5, 0.6) is 0 Å². The summed E-state index contributed by atoms with van der Waals surface area (Å²) in [5.41, 5.74) is 0. The first-order valence-electron chi connectivity index (χ1n) is 2.70. The van der Waals surface area contributed by atoms with Crippen molar-refractivity contribution in [1.82, 2.24) is 9.55 Å². The minimum atomic E-state index is -4.67. The average molecular weight is 212 g/mol. The van der Waals surface area contributed by atoms with E-state index in [9.17, 15) is 0 Å². The molecule has 12 heavy (non-hydrogen) atoms. The Morgan fingerprint density at radius 3 is 2.08 bits per heavy atom. The van der Waals surface area contributed by atoms with Gasteiger partial charge in [-0.3, -0.25) is 9.11 Å². The molecule has 0 atom stereocenters. The van der Waals surface area contributed by atoms with Crippen molar-refractivity contribution in [3.8, 4) is 0 Å². The molecule has 1 aromatic rings. The molecule has 0 bridgehead atoms. The van der Waals surface area contributed by atoms with E-state index in [0.717, 1.165) is 4.77 Å². The van der Waals surface area contributed by atoms with Gasteiger partial charge in [0.25, 0.3) is 0 Å². The van der Waals surface area contributed by atoms with E-state index >= 15 is 0 Å². The second-order valence-electron chi connectivity index (χ2n) is 1.82. The topological polar surface area (TPSA) is 95.3 Å². The first-order valence-corrected chi connectivity index (χ1v) is 4.51. The lowest BCUT2D eigenvalue weighted by molar-refractivity contribution is 0.381. The molecule has 0 aliphatic rings. The molecule has 1 rings (SSSR count). The van der Waals surface area contributed by atoms with Gasteiger partial charge >= 0.3 is 10.4 Å². The van der Waals surface area contributed by atoms with Crippen LogP contribution in [0.25, 0.3) is 0 Å². The summed E-state index contributed by atoms with van der Waals surface area (Å²) < 4.78 is 34.2. The molecule has 3 N–H and O–H groups in total. The maximum absolute atomic E-state index is 8.74. The van der Waals surface area contributed by atoms with Crippen molar-refractivity contribution in [2.45, 2.75) is 0 Å². The van der Waals surface area contributed by atoms with Gasteiger partial charge in [0.1, 0.15) is 0 Å². The van der Waals surface area contributed by atoms with Crippen LogP contribution in [-0.2, 0) is 17.4 Å². The van der Waals surface area contributed by atoms with E-state index in [0.29, 0.717) is 0 Å². The molecule has 6 nitrogen and oxygen atoms in total. The zero-order valence-electron chi connectivity index (χ0n) is 6.13. The highest BCUT2D eigenvalue weighted by atomic mass is 32.3. The molecule has 70 valence electrons. The zero-order valence-corrected chi connectivity index (χ0v) is 7.76. The molecule has 0 amide bonds. The fourth-order valence-corrected chi connectivity index (χ4v) is 0.519. The van der Waals surface area contributed by atoms with Gasteiger partial charge in [0.05, 0.1) is 0 Å². The zero-order chi connectivity index (χ0) is 9.78. The number of aromatic nitrogens is 2. The van der Waals surface area contributed by atoms with Gasteiger partial charge in [0, 0.05) is 19.4 Å². The largest absolute Gasteiger partial charge is 0.394 e. The summed E-state index contributed by atoms with van der Waals surface area (Å²) >= 11 is 4.79. The summed E-state index contributed by atoms with van der Waals surface area (Å²) in [4.78, 5) is 2.85. The Morgan fingerprint density at radius 2 is 2.00 bits per heavy atom. The number of nitrogens with zero attached hydrogens (tertiary/aromatic N) is 1. The van der Waals surface area contributed by atoms with E-state index < -0.39 is 10.4 Å². The van der Waals surface area contributed by atoms with Crippen LogP contribution in [0.2, 0.25) is 0 Å². The third-order valence-corrected chi connectivity index (χ3v) is 1.23. The number of nitrogens with one attached hydrogen (secondary N) is 1. The van der Waals surface area contributed by atoms with E-state index in [1.54, 1.807) is 0 Å². The molecule has 0 saturated carbocycles. The summed E-state index contributed by atoms with van der Waals surface area (Å²) in [5.74, 6) is 0. The number of rotatable bonds is 0. The fourth-order valence-electron chi connectivity index (χ4n) is 0.390. The average Bonchev–Trinajstić information content (AvgIpc) is 2.12. The van der Waals surface area contributed by atoms with E-state index in [1.165, 1.54) is 0 Å². The maximum Gasteiger partial charge on any atom is 0.394 e. The SMILES string of the molecule is Cn1cc[nH]c1=S.O=S(=O)(O)O. The molecule has 0 spiro atoms. The fraction of sp³-hybridized carbons (Fsp3) is 0.250. The highest BCUT2D eigenvalue weighted by Gasteiger charge is 1.84. The molecule has 1 aromatic heterocycles. The van der Waals surface area contributed by atoms with Crippen LogP contribution < -0.4 is 0 Å². The van der Waals surface area contributed by atoms with Crippen LogP contribution in [0, 0.1) is 4.77 Å². The number of hydrogen-bond donors (Lipinski definition) is 3. The Balaban J connectivity index is 0.000000217. The Kier molecular flexibility index (Phi) is 4.10. The summed E-state index contributed by atoms with van der Waals surface area (Å²) in [6, 6.07) is 0. The summed E-state index contributed by atoms with van der Waals surface area (Å²) in [6.45, 7) is 0. The summed E-state index contributed by atoms with van der Waals surface area (Å²) in [5, 5.41) is 0. The number of aryl methyl sites for hydroxylation is 1. The number of hydrogen-bond acceptors (Lipinski definition) is 3. The predicted octanol–water partition coefficient (Wildman–Crippen LogP) is 0.430. The highest BCUT2D eigenvalue weighted by Crippen LogP contribution is 1.81. The first-order chi connectivity index (χ1) is 5.30. The lowest BCUT2D eigenvalue weighted by atomic mass is 10.9. The quantitative estimate of drug-likeness (QED) is 0.428. The molecule has 0 aliphatic heterocycles. The van der Waals surface area contributed by atoms with Crippen molar-refractivity contribution in [2.24, 2.45) is 7.05 Å². The standard InChI is InChI=1S/C4H6N2S.H2O4S/c1-6-3-2-5-4(6)7;1-5(2,3)4/h2-3H,1H3,(H,5,7);(H2,1,2,3,4). The van der Waals surface area contributed by atoms with Gasteiger partial charge in [-0.15, -0.1) is 0 Å². The Labute approximate surface area is 74.4 Å². The van der Waals surface area contributed by atoms with E-state index in [1.807, 2.05) is 24.0 Å². The molecular formula is C4H8N2O4S2. The Hall–Kier alpha value is -0.700. The molecule has 8 heteroatoms. The van der Waals surface area contributed by atoms with Crippen LogP contribution in [-0.4, -0.2) is 27.1 Å². The monoisotopic (exact) mass is 212 g/mol. The lowest BCUT2D eigenvalue weighted by Gasteiger charge is -1.79. The van der Waals surface area contributed by atoms with Crippen molar-refractivity contribution < 1.29 is 17.5 Å². The van der Waals surface area contributed by atoms with Crippen LogP contribution in [0.3, 0.4) is 0 Å². The van der Waals surface area contributed by atoms with Gasteiger partial charge in [-0.25, -0.2) is 0 Å². The summed E-state index contributed by atoms with van der Waals surface area (Å²) in [7, 11) is -2.77. The van der Waals surface area contributed by atoms with Crippen LogP contribution in [0.4, 0.5) is 0 Å². The van der Waals surface area contributed by atoms with Crippen molar-refractivity contribution in [1.29, 1.82) is 0 Å². The van der Waals surface area contributed by atoms with Crippen LogP contribution >= 0.6 is 12.2 Å².